The molecule has 0 bridgehead atoms. The van der Waals surface area contributed by atoms with Gasteiger partial charge in [0.1, 0.15) is 18.2 Å². The van der Waals surface area contributed by atoms with E-state index in [0.717, 1.165) is 6.07 Å². The lowest BCUT2D eigenvalue weighted by Crippen LogP contribution is -2.06. The van der Waals surface area contributed by atoms with Crippen LogP contribution in [0.15, 0.2) is 42.5 Å². The highest BCUT2D eigenvalue weighted by Crippen LogP contribution is 2.14. The number of nitrogens with two attached hydrogens (primary N) is 1. The Bertz CT molecular complexity index is 597. The van der Waals surface area contributed by atoms with Gasteiger partial charge in [-0.05, 0) is 35.9 Å². The standard InChI is InChI=1S/C14H11F2NO2/c15-11-4-1-9(2-5-11)8-19-14(18)10-3-6-12(16)13(17)7-10/h1-7H,8,17H2. The second-order valence-corrected chi connectivity index (χ2v) is 3.94. The zero-order valence-electron chi connectivity index (χ0n) is 9.90. The average Bonchev–Trinajstić information content (AvgIpc) is 2.41. The van der Waals surface area contributed by atoms with Gasteiger partial charge in [-0.15, -0.1) is 0 Å². The monoisotopic (exact) mass is 263 g/mol. The third-order valence-corrected chi connectivity index (χ3v) is 2.51. The summed E-state index contributed by atoms with van der Waals surface area (Å²) in [5.41, 5.74) is 6.07. The highest BCUT2D eigenvalue weighted by molar-refractivity contribution is 5.90. The van der Waals surface area contributed by atoms with Crippen LogP contribution in [-0.4, -0.2) is 5.97 Å². The van der Waals surface area contributed by atoms with E-state index < -0.39 is 11.8 Å². The Morgan fingerprint density at radius 1 is 1.11 bits per heavy atom. The van der Waals surface area contributed by atoms with Crippen LogP contribution >= 0.6 is 0 Å². The number of benzene rings is 2. The Morgan fingerprint density at radius 2 is 1.79 bits per heavy atom. The molecule has 0 spiro atoms. The van der Waals surface area contributed by atoms with Crippen molar-refractivity contribution < 1.29 is 18.3 Å². The van der Waals surface area contributed by atoms with Gasteiger partial charge >= 0.3 is 5.97 Å². The number of ether oxygens (including phenoxy) is 1. The molecule has 0 aliphatic heterocycles. The average molecular weight is 263 g/mol. The van der Waals surface area contributed by atoms with Crippen LogP contribution in [0.3, 0.4) is 0 Å². The van der Waals surface area contributed by atoms with Gasteiger partial charge in [-0.2, -0.15) is 0 Å². The molecule has 0 saturated carbocycles. The van der Waals surface area contributed by atoms with E-state index >= 15 is 0 Å². The molecule has 0 atom stereocenters. The van der Waals surface area contributed by atoms with E-state index in [0.29, 0.717) is 5.56 Å². The smallest absolute Gasteiger partial charge is 0.338 e. The van der Waals surface area contributed by atoms with E-state index in [-0.39, 0.29) is 23.7 Å². The Balaban J connectivity index is 2.01. The van der Waals surface area contributed by atoms with Gasteiger partial charge in [-0.25, -0.2) is 13.6 Å². The molecule has 5 heteroatoms. The number of nitrogen functional groups attached to an aromatic ring is 1. The summed E-state index contributed by atoms with van der Waals surface area (Å²) in [5.74, 6) is -1.56. The summed E-state index contributed by atoms with van der Waals surface area (Å²) in [7, 11) is 0. The lowest BCUT2D eigenvalue weighted by atomic mass is 10.2. The van der Waals surface area contributed by atoms with Crippen LogP contribution in [0.4, 0.5) is 14.5 Å². The van der Waals surface area contributed by atoms with Crippen molar-refractivity contribution in [3.8, 4) is 0 Å². The van der Waals surface area contributed by atoms with E-state index in [1.165, 1.54) is 36.4 Å². The Hall–Kier alpha value is -2.43. The zero-order valence-corrected chi connectivity index (χ0v) is 9.90. The molecule has 0 aliphatic carbocycles. The Labute approximate surface area is 108 Å². The lowest BCUT2D eigenvalue weighted by Gasteiger charge is -2.06. The fourth-order valence-electron chi connectivity index (χ4n) is 1.48. The summed E-state index contributed by atoms with van der Waals surface area (Å²) < 4.78 is 30.6. The Kier molecular flexibility index (Phi) is 3.75. The predicted octanol–water partition coefficient (Wildman–Crippen LogP) is 2.90. The zero-order chi connectivity index (χ0) is 13.8. The largest absolute Gasteiger partial charge is 0.457 e. The summed E-state index contributed by atoms with van der Waals surface area (Å²) in [6.45, 7) is 0.0103. The molecule has 0 heterocycles. The van der Waals surface area contributed by atoms with Crippen molar-refractivity contribution in [2.75, 3.05) is 5.73 Å². The van der Waals surface area contributed by atoms with Gasteiger partial charge in [0.2, 0.25) is 0 Å². The summed E-state index contributed by atoms with van der Waals surface area (Å²) in [6, 6.07) is 9.19. The summed E-state index contributed by atoms with van der Waals surface area (Å²) in [5, 5.41) is 0. The van der Waals surface area contributed by atoms with Gasteiger partial charge in [-0.3, -0.25) is 0 Å². The molecule has 2 aromatic carbocycles. The summed E-state index contributed by atoms with van der Waals surface area (Å²) in [6.07, 6.45) is 0. The molecule has 19 heavy (non-hydrogen) atoms. The second-order valence-electron chi connectivity index (χ2n) is 3.94. The van der Waals surface area contributed by atoms with Gasteiger partial charge < -0.3 is 10.5 Å². The number of rotatable bonds is 3. The molecule has 2 rings (SSSR count). The third kappa shape index (κ3) is 3.28. The van der Waals surface area contributed by atoms with E-state index in [2.05, 4.69) is 0 Å². The molecule has 2 aromatic rings. The van der Waals surface area contributed by atoms with Crippen LogP contribution in [-0.2, 0) is 11.3 Å². The number of anilines is 1. The van der Waals surface area contributed by atoms with E-state index in [4.69, 9.17) is 10.5 Å². The number of halogens is 2. The van der Waals surface area contributed by atoms with Crippen LogP contribution in [0.2, 0.25) is 0 Å². The molecular formula is C14H11F2NO2. The van der Waals surface area contributed by atoms with Gasteiger partial charge in [0.05, 0.1) is 11.3 Å². The predicted molar refractivity (Wildman–Crippen MR) is 66.3 cm³/mol. The number of hydrogen-bond donors (Lipinski definition) is 1. The number of esters is 1. The minimum absolute atomic E-state index is 0.0103. The molecule has 0 aromatic heterocycles. The molecule has 0 fully saturated rings. The van der Waals surface area contributed by atoms with Crippen molar-refractivity contribution in [2.24, 2.45) is 0 Å². The van der Waals surface area contributed by atoms with Crippen molar-refractivity contribution >= 4 is 11.7 Å². The number of carbonyl (C=O) groups excluding carboxylic acids is 1. The van der Waals surface area contributed by atoms with Crippen LogP contribution in [0.1, 0.15) is 15.9 Å². The van der Waals surface area contributed by atoms with Crippen LogP contribution < -0.4 is 5.73 Å². The molecule has 0 radical (unpaired) electrons. The highest BCUT2D eigenvalue weighted by Gasteiger charge is 2.09. The molecule has 0 unspecified atom stereocenters. The second kappa shape index (κ2) is 5.48. The molecule has 0 saturated heterocycles. The SMILES string of the molecule is Nc1cc(C(=O)OCc2ccc(F)cc2)ccc1F. The lowest BCUT2D eigenvalue weighted by molar-refractivity contribution is 0.0472. The molecule has 98 valence electrons. The van der Waals surface area contributed by atoms with Gasteiger partial charge in [0.25, 0.3) is 0 Å². The maximum atomic E-state index is 12.9. The van der Waals surface area contributed by atoms with Crippen molar-refractivity contribution in [3.05, 3.63) is 65.2 Å². The van der Waals surface area contributed by atoms with Gasteiger partial charge in [0.15, 0.2) is 0 Å². The molecule has 0 aliphatic rings. The minimum Gasteiger partial charge on any atom is -0.457 e. The topological polar surface area (TPSA) is 52.3 Å². The van der Waals surface area contributed by atoms with Crippen LogP contribution in [0.5, 0.6) is 0 Å². The normalized spacial score (nSPS) is 10.2. The van der Waals surface area contributed by atoms with Crippen molar-refractivity contribution in [2.45, 2.75) is 6.61 Å². The third-order valence-electron chi connectivity index (χ3n) is 2.51. The first-order chi connectivity index (χ1) is 9.06. The first-order valence-corrected chi connectivity index (χ1v) is 5.53. The van der Waals surface area contributed by atoms with Crippen molar-refractivity contribution in [3.63, 3.8) is 0 Å². The maximum Gasteiger partial charge on any atom is 0.338 e. The molecule has 2 N–H and O–H groups in total. The minimum atomic E-state index is -0.615. The maximum absolute atomic E-state index is 12.9. The summed E-state index contributed by atoms with van der Waals surface area (Å²) in [4.78, 5) is 11.7. The van der Waals surface area contributed by atoms with Gasteiger partial charge in [0, 0.05) is 0 Å². The van der Waals surface area contributed by atoms with Crippen LogP contribution in [0, 0.1) is 11.6 Å². The first-order valence-electron chi connectivity index (χ1n) is 5.53. The van der Waals surface area contributed by atoms with Crippen molar-refractivity contribution in [1.82, 2.24) is 0 Å². The number of carbonyl (C=O) groups is 1. The quantitative estimate of drug-likeness (QED) is 0.684. The van der Waals surface area contributed by atoms with Crippen LogP contribution in [0.25, 0.3) is 0 Å². The van der Waals surface area contributed by atoms with Gasteiger partial charge in [-0.1, -0.05) is 12.1 Å². The first kappa shape index (κ1) is 13.0. The highest BCUT2D eigenvalue weighted by atomic mass is 19.1. The summed E-state index contributed by atoms with van der Waals surface area (Å²) >= 11 is 0. The van der Waals surface area contributed by atoms with E-state index in [1.54, 1.807) is 0 Å². The fourth-order valence-corrected chi connectivity index (χ4v) is 1.48. The molecule has 3 nitrogen and oxygen atoms in total. The van der Waals surface area contributed by atoms with E-state index in [9.17, 15) is 13.6 Å². The fraction of sp³-hybridized carbons (Fsp3) is 0.0714. The van der Waals surface area contributed by atoms with E-state index in [1.807, 2.05) is 0 Å². The van der Waals surface area contributed by atoms with Crippen molar-refractivity contribution in [1.29, 1.82) is 0 Å². The molecule has 0 amide bonds. The Morgan fingerprint density at radius 3 is 2.42 bits per heavy atom. The number of hydrogen-bond acceptors (Lipinski definition) is 3. The molecular weight excluding hydrogens is 252 g/mol.